The van der Waals surface area contributed by atoms with Crippen LogP contribution < -0.4 is 10.6 Å². The summed E-state index contributed by atoms with van der Waals surface area (Å²) in [5, 5.41) is 18.7. The van der Waals surface area contributed by atoms with Crippen LogP contribution in [0.1, 0.15) is 24.9 Å². The minimum atomic E-state index is -1.10. The van der Waals surface area contributed by atoms with Crippen LogP contribution in [-0.2, 0) is 11.8 Å². The Balaban J connectivity index is 2.13. The van der Waals surface area contributed by atoms with E-state index in [9.17, 15) is 9.59 Å². The van der Waals surface area contributed by atoms with Gasteiger partial charge in [0, 0.05) is 13.2 Å². The van der Waals surface area contributed by atoms with Crippen LogP contribution in [0.2, 0.25) is 0 Å². The molecule has 3 N–H and O–H groups in total. The predicted octanol–water partition coefficient (Wildman–Crippen LogP) is 2.33. The summed E-state index contributed by atoms with van der Waals surface area (Å²) >= 11 is 0. The van der Waals surface area contributed by atoms with Crippen LogP contribution in [0.15, 0.2) is 36.7 Å². The molecule has 0 fully saturated rings. The monoisotopic (exact) mass is 341 g/mol. The number of nitrogens with zero attached hydrogens (tertiary/aromatic N) is 3. The zero-order valence-electron chi connectivity index (χ0n) is 13.9. The van der Waals surface area contributed by atoms with Crippen LogP contribution in [0.3, 0.4) is 0 Å². The van der Waals surface area contributed by atoms with Gasteiger partial charge in [-0.05, 0) is 24.1 Å². The second-order valence-corrected chi connectivity index (χ2v) is 5.95. The van der Waals surface area contributed by atoms with Gasteiger partial charge in [-0.1, -0.05) is 19.1 Å². The zero-order chi connectivity index (χ0) is 18.0. The Labute approximate surface area is 144 Å². The van der Waals surface area contributed by atoms with Crippen molar-refractivity contribution in [3.05, 3.63) is 42.2 Å². The van der Waals surface area contributed by atoms with Gasteiger partial charge in [-0.2, -0.15) is 5.10 Å². The lowest BCUT2D eigenvalue weighted by molar-refractivity contribution is -0.118. The molecule has 0 spiro atoms. The standard InChI is InChI=1S/C17H19N5O3/c1-10-4-3-5-12(21-17(24)25)11-6-7-18-13(8-11)15-14(20-16(10)23)9-19-22(15)2/h3-4,6-10,12,21H,5H2,1-2H3,(H,20,23)(H,24,25)/t10-,12+/m1/s1. The highest BCUT2D eigenvalue weighted by atomic mass is 16.4. The van der Waals surface area contributed by atoms with E-state index in [0.29, 0.717) is 23.5 Å². The van der Waals surface area contributed by atoms with Crippen LogP contribution in [0.4, 0.5) is 10.5 Å². The van der Waals surface area contributed by atoms with Gasteiger partial charge in [-0.15, -0.1) is 0 Å². The van der Waals surface area contributed by atoms with E-state index in [-0.39, 0.29) is 11.8 Å². The summed E-state index contributed by atoms with van der Waals surface area (Å²) in [4.78, 5) is 27.9. The molecule has 2 bridgehead atoms. The molecule has 3 rings (SSSR count). The van der Waals surface area contributed by atoms with Crippen molar-refractivity contribution in [1.29, 1.82) is 0 Å². The summed E-state index contributed by atoms with van der Waals surface area (Å²) in [6, 6.07) is 3.16. The van der Waals surface area contributed by atoms with Crippen LogP contribution in [0.5, 0.6) is 0 Å². The second-order valence-electron chi connectivity index (χ2n) is 5.95. The number of amides is 2. The van der Waals surface area contributed by atoms with Crippen LogP contribution in [-0.4, -0.2) is 31.9 Å². The highest BCUT2D eigenvalue weighted by Crippen LogP contribution is 2.29. The maximum atomic E-state index is 12.4. The average molecular weight is 341 g/mol. The van der Waals surface area contributed by atoms with Crippen molar-refractivity contribution in [3.8, 4) is 11.4 Å². The molecular weight excluding hydrogens is 322 g/mol. The molecule has 0 saturated heterocycles. The molecule has 1 aliphatic rings. The Morgan fingerprint density at radius 3 is 3.04 bits per heavy atom. The summed E-state index contributed by atoms with van der Waals surface area (Å²) in [6.45, 7) is 1.78. The van der Waals surface area contributed by atoms with Crippen molar-refractivity contribution in [2.75, 3.05) is 5.32 Å². The highest BCUT2D eigenvalue weighted by Gasteiger charge is 2.20. The molecule has 2 aromatic heterocycles. The molecule has 130 valence electrons. The number of nitrogens with one attached hydrogen (secondary N) is 2. The third kappa shape index (κ3) is 3.52. The first-order valence-corrected chi connectivity index (χ1v) is 7.91. The molecule has 1 aliphatic heterocycles. The molecule has 8 nitrogen and oxygen atoms in total. The normalized spacial score (nSPS) is 20.0. The van der Waals surface area contributed by atoms with E-state index in [4.69, 9.17) is 5.11 Å². The van der Waals surface area contributed by atoms with Crippen molar-refractivity contribution in [1.82, 2.24) is 20.1 Å². The molecule has 0 saturated carbocycles. The van der Waals surface area contributed by atoms with Crippen molar-refractivity contribution >= 4 is 17.7 Å². The molecule has 3 heterocycles. The van der Waals surface area contributed by atoms with E-state index in [2.05, 4.69) is 20.7 Å². The molecule has 0 unspecified atom stereocenters. The van der Waals surface area contributed by atoms with Crippen LogP contribution in [0.25, 0.3) is 11.4 Å². The fraction of sp³-hybridized carbons (Fsp3) is 0.294. The van der Waals surface area contributed by atoms with E-state index in [1.807, 2.05) is 12.1 Å². The number of anilines is 1. The van der Waals surface area contributed by atoms with Gasteiger partial charge in [-0.25, -0.2) is 4.79 Å². The van der Waals surface area contributed by atoms with Gasteiger partial charge < -0.3 is 15.7 Å². The van der Waals surface area contributed by atoms with Gasteiger partial charge >= 0.3 is 6.09 Å². The first-order valence-electron chi connectivity index (χ1n) is 7.91. The summed E-state index contributed by atoms with van der Waals surface area (Å²) < 4.78 is 1.63. The lowest BCUT2D eigenvalue weighted by atomic mass is 10.0. The van der Waals surface area contributed by atoms with E-state index < -0.39 is 12.1 Å². The third-order valence-electron chi connectivity index (χ3n) is 4.13. The molecule has 2 amide bonds. The van der Waals surface area contributed by atoms with E-state index >= 15 is 0 Å². The van der Waals surface area contributed by atoms with E-state index in [1.165, 1.54) is 0 Å². The maximum Gasteiger partial charge on any atom is 0.405 e. The lowest BCUT2D eigenvalue weighted by Gasteiger charge is -2.18. The fourth-order valence-corrected chi connectivity index (χ4v) is 2.81. The minimum absolute atomic E-state index is 0.162. The van der Waals surface area contributed by atoms with E-state index in [1.54, 1.807) is 43.2 Å². The van der Waals surface area contributed by atoms with Gasteiger partial charge in [0.1, 0.15) is 5.69 Å². The number of pyridine rings is 1. The summed E-state index contributed by atoms with van der Waals surface area (Å²) in [7, 11) is 1.77. The molecule has 0 aromatic carbocycles. The van der Waals surface area contributed by atoms with Crippen molar-refractivity contribution in [2.24, 2.45) is 13.0 Å². The largest absolute Gasteiger partial charge is 0.465 e. The molecule has 0 aliphatic carbocycles. The number of hydrogen-bond acceptors (Lipinski definition) is 4. The lowest BCUT2D eigenvalue weighted by Crippen LogP contribution is -2.26. The third-order valence-corrected chi connectivity index (χ3v) is 4.13. The number of aryl methyl sites for hydroxylation is 1. The SMILES string of the molecule is C[C@@H]1C=CC[C@H](NC(=O)O)c2ccnc(c2)-c2c(cnn2C)NC1=O. The molecule has 2 aromatic rings. The number of carbonyl (C=O) groups is 2. The van der Waals surface area contributed by atoms with Crippen molar-refractivity contribution in [3.63, 3.8) is 0 Å². The van der Waals surface area contributed by atoms with Crippen LogP contribution in [0, 0.1) is 5.92 Å². The Bertz CT molecular complexity index is 843. The molecule has 0 radical (unpaired) electrons. The summed E-state index contributed by atoms with van der Waals surface area (Å²) in [5.41, 5.74) is 2.65. The van der Waals surface area contributed by atoms with Crippen molar-refractivity contribution < 1.29 is 14.7 Å². The Morgan fingerprint density at radius 1 is 1.48 bits per heavy atom. The van der Waals surface area contributed by atoms with Crippen molar-refractivity contribution in [2.45, 2.75) is 19.4 Å². The van der Waals surface area contributed by atoms with Gasteiger partial charge in [0.25, 0.3) is 0 Å². The topological polar surface area (TPSA) is 109 Å². The smallest absolute Gasteiger partial charge is 0.405 e. The van der Waals surface area contributed by atoms with Gasteiger partial charge in [0.2, 0.25) is 5.91 Å². The zero-order valence-corrected chi connectivity index (χ0v) is 13.9. The van der Waals surface area contributed by atoms with Crippen LogP contribution >= 0.6 is 0 Å². The number of fused-ring (bicyclic) bond motifs is 4. The Hall–Kier alpha value is -3.16. The first kappa shape index (κ1) is 16.7. The summed E-state index contributed by atoms with van der Waals surface area (Å²) in [5.74, 6) is -0.519. The number of hydrogen-bond donors (Lipinski definition) is 3. The first-order chi connectivity index (χ1) is 12.0. The molecular formula is C17H19N5O3. The number of carboxylic acid groups (broad SMARTS) is 1. The average Bonchev–Trinajstić information content (AvgIpc) is 2.93. The number of rotatable bonds is 1. The number of aromatic nitrogens is 3. The quantitative estimate of drug-likeness (QED) is 0.690. The molecule has 8 heteroatoms. The highest BCUT2D eigenvalue weighted by molar-refractivity contribution is 5.96. The molecule has 2 atom stereocenters. The van der Waals surface area contributed by atoms with E-state index in [0.717, 1.165) is 5.56 Å². The summed E-state index contributed by atoms with van der Waals surface area (Å²) in [6.07, 6.45) is 6.12. The Kier molecular flexibility index (Phi) is 4.51. The Morgan fingerprint density at radius 2 is 2.28 bits per heavy atom. The maximum absolute atomic E-state index is 12.4. The fourth-order valence-electron chi connectivity index (χ4n) is 2.81. The van der Waals surface area contributed by atoms with Gasteiger partial charge in [-0.3, -0.25) is 14.5 Å². The van der Waals surface area contributed by atoms with Gasteiger partial charge in [0.05, 0.1) is 29.5 Å². The predicted molar refractivity (Wildman–Crippen MR) is 91.9 cm³/mol. The van der Waals surface area contributed by atoms with Gasteiger partial charge in [0.15, 0.2) is 0 Å². The minimum Gasteiger partial charge on any atom is -0.465 e. The number of carbonyl (C=O) groups excluding carboxylic acids is 1. The molecule has 25 heavy (non-hydrogen) atoms. The second kappa shape index (κ2) is 6.76.